The summed E-state index contributed by atoms with van der Waals surface area (Å²) < 4.78 is 26.0. The average Bonchev–Trinajstić information content (AvgIpc) is 3.11. The van der Waals surface area contributed by atoms with Gasteiger partial charge in [-0.1, -0.05) is 18.2 Å². The molecule has 0 radical (unpaired) electrons. The lowest BCUT2D eigenvalue weighted by Gasteiger charge is -2.11. The first-order valence-electron chi connectivity index (χ1n) is 7.62. The lowest BCUT2D eigenvalue weighted by Crippen LogP contribution is -2.36. The molecule has 1 heterocycles. The van der Waals surface area contributed by atoms with E-state index in [1.165, 1.54) is 11.9 Å². The van der Waals surface area contributed by atoms with Crippen molar-refractivity contribution >= 4 is 27.3 Å². The maximum Gasteiger partial charge on any atom is 0.240 e. The number of nitrogens with zero attached hydrogens (tertiary/aromatic N) is 1. The van der Waals surface area contributed by atoms with E-state index in [1.54, 1.807) is 29.5 Å². The van der Waals surface area contributed by atoms with Crippen molar-refractivity contribution in [3.05, 3.63) is 52.2 Å². The van der Waals surface area contributed by atoms with Gasteiger partial charge < -0.3 is 10.6 Å². The molecule has 24 heavy (non-hydrogen) atoms. The zero-order valence-electron chi connectivity index (χ0n) is 13.7. The topological polar surface area (TPSA) is 82.6 Å². The van der Waals surface area contributed by atoms with Gasteiger partial charge in [0.25, 0.3) is 0 Å². The predicted octanol–water partition coefficient (Wildman–Crippen LogP) is 1.91. The van der Waals surface area contributed by atoms with E-state index < -0.39 is 10.0 Å². The summed E-state index contributed by atoms with van der Waals surface area (Å²) in [6.07, 6.45) is 0. The molecular formula is C16H22N4O2S2. The van der Waals surface area contributed by atoms with Crippen molar-refractivity contribution in [1.82, 2.24) is 15.4 Å². The van der Waals surface area contributed by atoms with Crippen molar-refractivity contribution in [2.75, 3.05) is 13.6 Å². The fraction of sp³-hybridized carbons (Fsp3) is 0.312. The number of benzene rings is 1. The summed E-state index contributed by atoms with van der Waals surface area (Å²) >= 11 is 1.69. The fourth-order valence-corrected chi connectivity index (χ4v) is 3.47. The van der Waals surface area contributed by atoms with Gasteiger partial charge >= 0.3 is 0 Å². The number of hydrogen-bond donors (Lipinski definition) is 3. The van der Waals surface area contributed by atoms with Crippen LogP contribution in [0, 0.1) is 0 Å². The largest absolute Gasteiger partial charge is 0.357 e. The van der Waals surface area contributed by atoms with E-state index in [2.05, 4.69) is 26.4 Å². The molecule has 0 aliphatic carbocycles. The van der Waals surface area contributed by atoms with Crippen molar-refractivity contribution in [3.63, 3.8) is 0 Å². The smallest absolute Gasteiger partial charge is 0.240 e. The van der Waals surface area contributed by atoms with Crippen LogP contribution in [0.3, 0.4) is 0 Å². The first kappa shape index (κ1) is 18.4. The molecule has 0 saturated carbocycles. The normalized spacial score (nSPS) is 12.2. The molecular weight excluding hydrogens is 344 g/mol. The summed E-state index contributed by atoms with van der Waals surface area (Å²) in [5.74, 6) is 0.702. The molecule has 6 nitrogen and oxygen atoms in total. The minimum Gasteiger partial charge on any atom is -0.357 e. The third-order valence-corrected chi connectivity index (χ3v) is 5.54. The Morgan fingerprint density at radius 2 is 2.04 bits per heavy atom. The molecule has 3 N–H and O–H groups in total. The van der Waals surface area contributed by atoms with Gasteiger partial charge in [-0.25, -0.2) is 18.1 Å². The minimum atomic E-state index is -3.44. The standard InChI is InChI=1S/C16H22N4O2S2/c1-3-18-16(20-12-14-7-5-9-23-14)19-11-13-6-4-8-15(10-13)24(21,22)17-2/h4-10,17H,3,11-12H2,1-2H3,(H2,18,19,20). The van der Waals surface area contributed by atoms with Crippen molar-refractivity contribution in [2.24, 2.45) is 4.99 Å². The molecule has 0 saturated heterocycles. The monoisotopic (exact) mass is 366 g/mol. The number of nitrogens with one attached hydrogen (secondary N) is 3. The van der Waals surface area contributed by atoms with Gasteiger partial charge in [0.15, 0.2) is 5.96 Å². The highest BCUT2D eigenvalue weighted by Crippen LogP contribution is 2.12. The summed E-state index contributed by atoms with van der Waals surface area (Å²) in [5, 5.41) is 8.49. The van der Waals surface area contributed by atoms with E-state index in [4.69, 9.17) is 0 Å². The zero-order valence-corrected chi connectivity index (χ0v) is 15.4. The summed E-state index contributed by atoms with van der Waals surface area (Å²) in [5.41, 5.74) is 0.833. The molecule has 0 amide bonds. The second-order valence-electron chi connectivity index (χ2n) is 4.98. The second-order valence-corrected chi connectivity index (χ2v) is 7.90. The molecule has 0 aliphatic heterocycles. The zero-order chi connectivity index (χ0) is 17.4. The van der Waals surface area contributed by atoms with Crippen molar-refractivity contribution in [1.29, 1.82) is 0 Å². The van der Waals surface area contributed by atoms with Crippen LogP contribution in [0.25, 0.3) is 0 Å². The van der Waals surface area contributed by atoms with Gasteiger partial charge in [0.1, 0.15) is 0 Å². The molecule has 2 rings (SSSR count). The molecule has 0 unspecified atom stereocenters. The Morgan fingerprint density at radius 1 is 1.21 bits per heavy atom. The average molecular weight is 367 g/mol. The Kier molecular flexibility index (Phi) is 6.77. The molecule has 0 spiro atoms. The van der Waals surface area contributed by atoms with Crippen molar-refractivity contribution in [3.8, 4) is 0 Å². The molecule has 0 bridgehead atoms. The number of hydrogen-bond acceptors (Lipinski definition) is 4. The number of sulfonamides is 1. The van der Waals surface area contributed by atoms with E-state index in [0.29, 0.717) is 19.0 Å². The minimum absolute atomic E-state index is 0.245. The molecule has 1 aromatic heterocycles. The highest BCUT2D eigenvalue weighted by Gasteiger charge is 2.11. The summed E-state index contributed by atoms with van der Waals surface area (Å²) in [7, 11) is -2.04. The molecule has 2 aromatic rings. The summed E-state index contributed by atoms with van der Waals surface area (Å²) in [6.45, 7) is 3.86. The van der Waals surface area contributed by atoms with E-state index in [-0.39, 0.29) is 4.90 Å². The summed E-state index contributed by atoms with van der Waals surface area (Å²) in [6, 6.07) is 10.9. The van der Waals surface area contributed by atoms with E-state index in [1.807, 2.05) is 24.4 Å². The van der Waals surface area contributed by atoms with Crippen LogP contribution in [-0.2, 0) is 23.1 Å². The third-order valence-electron chi connectivity index (χ3n) is 3.25. The van der Waals surface area contributed by atoms with Crippen LogP contribution >= 0.6 is 11.3 Å². The number of guanidine groups is 1. The van der Waals surface area contributed by atoms with E-state index in [0.717, 1.165) is 12.1 Å². The summed E-state index contributed by atoms with van der Waals surface area (Å²) in [4.78, 5) is 5.99. The molecule has 0 fully saturated rings. The predicted molar refractivity (Wildman–Crippen MR) is 98.7 cm³/mol. The highest BCUT2D eigenvalue weighted by atomic mass is 32.2. The number of rotatable bonds is 7. The Bertz CT molecular complexity index is 771. The van der Waals surface area contributed by atoms with Gasteiger partial charge in [0.2, 0.25) is 10.0 Å². The Balaban J connectivity index is 2.06. The van der Waals surface area contributed by atoms with Crippen LogP contribution in [0.1, 0.15) is 17.4 Å². The second kappa shape index (κ2) is 8.81. The Morgan fingerprint density at radius 3 is 2.71 bits per heavy atom. The van der Waals surface area contributed by atoms with Crippen LogP contribution in [0.2, 0.25) is 0 Å². The van der Waals surface area contributed by atoms with Crippen LogP contribution in [-0.4, -0.2) is 28.0 Å². The van der Waals surface area contributed by atoms with Gasteiger partial charge in [-0.05, 0) is 43.1 Å². The molecule has 0 atom stereocenters. The van der Waals surface area contributed by atoms with E-state index in [9.17, 15) is 8.42 Å². The molecule has 0 aliphatic rings. The first-order chi connectivity index (χ1) is 11.5. The third kappa shape index (κ3) is 5.33. The fourth-order valence-electron chi connectivity index (χ4n) is 2.02. The maximum atomic E-state index is 11.9. The lowest BCUT2D eigenvalue weighted by molar-refractivity contribution is 0.588. The van der Waals surface area contributed by atoms with Gasteiger partial charge in [-0.15, -0.1) is 11.3 Å². The number of thiophene rings is 1. The van der Waals surface area contributed by atoms with Crippen molar-refractivity contribution in [2.45, 2.75) is 24.9 Å². The Labute approximate surface area is 147 Å². The van der Waals surface area contributed by atoms with E-state index >= 15 is 0 Å². The molecule has 130 valence electrons. The Hall–Kier alpha value is -1.90. The SMILES string of the molecule is CCNC(=NCc1cccc(S(=O)(=O)NC)c1)NCc1cccs1. The van der Waals surface area contributed by atoms with Gasteiger partial charge in [-0.3, -0.25) is 0 Å². The van der Waals surface area contributed by atoms with Crippen LogP contribution in [0.4, 0.5) is 0 Å². The van der Waals surface area contributed by atoms with Gasteiger partial charge in [-0.2, -0.15) is 0 Å². The van der Waals surface area contributed by atoms with Crippen LogP contribution in [0.5, 0.6) is 0 Å². The molecule has 1 aromatic carbocycles. The molecule has 8 heteroatoms. The van der Waals surface area contributed by atoms with Gasteiger partial charge in [0, 0.05) is 11.4 Å². The van der Waals surface area contributed by atoms with Crippen LogP contribution in [0.15, 0.2) is 51.7 Å². The quantitative estimate of drug-likeness (QED) is 0.516. The number of aliphatic imine (C=N–C) groups is 1. The van der Waals surface area contributed by atoms with Gasteiger partial charge in [0.05, 0.1) is 18.0 Å². The highest BCUT2D eigenvalue weighted by molar-refractivity contribution is 7.89. The van der Waals surface area contributed by atoms with Crippen LogP contribution < -0.4 is 15.4 Å². The van der Waals surface area contributed by atoms with Crippen molar-refractivity contribution < 1.29 is 8.42 Å². The first-order valence-corrected chi connectivity index (χ1v) is 9.98. The maximum absolute atomic E-state index is 11.9. The lowest BCUT2D eigenvalue weighted by atomic mass is 10.2.